The lowest BCUT2D eigenvalue weighted by Crippen LogP contribution is -2.25. The van der Waals surface area contributed by atoms with Crippen LogP contribution in [0.2, 0.25) is 0 Å². The molecule has 7 heteroatoms. The van der Waals surface area contributed by atoms with Gasteiger partial charge in [0, 0.05) is 29.0 Å². The number of pyridine rings is 2. The van der Waals surface area contributed by atoms with Crippen LogP contribution in [0.15, 0.2) is 48.8 Å². The molecule has 0 saturated heterocycles. The number of aromatic nitrogens is 2. The number of Topliss-reactive ketones (excluding diaryl/α,β-unsaturated/α-hetero) is 1. The highest BCUT2D eigenvalue weighted by molar-refractivity contribution is 6.05. The molecule has 0 radical (unpaired) electrons. The van der Waals surface area contributed by atoms with Gasteiger partial charge in [-0.2, -0.15) is 0 Å². The minimum absolute atomic E-state index is 0.0662. The number of benzene rings is 1. The van der Waals surface area contributed by atoms with Crippen LogP contribution < -0.4 is 5.32 Å². The Bertz CT molecular complexity index is 1090. The molecule has 1 atom stereocenters. The van der Waals surface area contributed by atoms with Crippen molar-refractivity contribution in [2.45, 2.75) is 19.4 Å². The molecule has 4 rings (SSSR count). The third-order valence-corrected chi connectivity index (χ3v) is 4.38. The summed E-state index contributed by atoms with van der Waals surface area (Å²) in [7, 11) is 0. The predicted molar refractivity (Wildman–Crippen MR) is 97.5 cm³/mol. The summed E-state index contributed by atoms with van der Waals surface area (Å²) in [6.45, 7) is 1.51. The number of carbonyl (C=O) groups is 3. The second-order valence-corrected chi connectivity index (χ2v) is 6.24. The fourth-order valence-corrected chi connectivity index (χ4v) is 3.04. The van der Waals surface area contributed by atoms with Crippen molar-refractivity contribution in [1.29, 1.82) is 0 Å². The molecule has 0 bridgehead atoms. The van der Waals surface area contributed by atoms with Gasteiger partial charge in [0.15, 0.2) is 11.8 Å². The normalized spacial score (nSPS) is 13.7. The first kappa shape index (κ1) is 16.8. The van der Waals surface area contributed by atoms with Gasteiger partial charge in [0.1, 0.15) is 5.52 Å². The molecule has 27 heavy (non-hydrogen) atoms. The molecule has 1 amide bonds. The van der Waals surface area contributed by atoms with E-state index < -0.39 is 12.1 Å². The number of amides is 1. The van der Waals surface area contributed by atoms with E-state index in [9.17, 15) is 14.4 Å². The molecule has 1 aromatic carbocycles. The van der Waals surface area contributed by atoms with Crippen LogP contribution in [0.5, 0.6) is 0 Å². The number of hydrogen-bond donors (Lipinski definition) is 1. The minimum atomic E-state index is -0.999. The van der Waals surface area contributed by atoms with E-state index in [1.807, 2.05) is 6.07 Å². The van der Waals surface area contributed by atoms with Gasteiger partial charge < -0.3 is 10.1 Å². The second kappa shape index (κ2) is 6.60. The Labute approximate surface area is 154 Å². The Balaban J connectivity index is 1.54. The van der Waals surface area contributed by atoms with Gasteiger partial charge in [-0.05, 0) is 42.8 Å². The zero-order valence-corrected chi connectivity index (χ0v) is 14.4. The molecule has 0 saturated carbocycles. The highest BCUT2D eigenvalue weighted by Crippen LogP contribution is 2.25. The van der Waals surface area contributed by atoms with Crippen molar-refractivity contribution in [3.05, 3.63) is 65.6 Å². The molecule has 7 nitrogen and oxygen atoms in total. The summed E-state index contributed by atoms with van der Waals surface area (Å²) in [5, 5.41) is 3.47. The average molecular weight is 361 g/mol. The molecule has 0 aliphatic carbocycles. The molecule has 1 unspecified atom stereocenters. The lowest BCUT2D eigenvalue weighted by Gasteiger charge is -2.13. The smallest absolute Gasteiger partial charge is 0.359 e. The fraction of sp³-hybridized carbons (Fsp3) is 0.150. The van der Waals surface area contributed by atoms with Crippen molar-refractivity contribution in [2.75, 3.05) is 5.32 Å². The van der Waals surface area contributed by atoms with E-state index in [-0.39, 0.29) is 23.8 Å². The Hall–Kier alpha value is -3.61. The lowest BCUT2D eigenvalue weighted by molar-refractivity contribution is -0.115. The maximum absolute atomic E-state index is 12.6. The zero-order valence-electron chi connectivity index (χ0n) is 14.4. The summed E-state index contributed by atoms with van der Waals surface area (Å²) < 4.78 is 5.33. The summed E-state index contributed by atoms with van der Waals surface area (Å²) in [5.74, 6) is -1.17. The molecule has 0 fully saturated rings. The molecular weight excluding hydrogens is 346 g/mol. The van der Waals surface area contributed by atoms with Crippen LogP contribution in [0.3, 0.4) is 0 Å². The average Bonchev–Trinajstić information content (AvgIpc) is 3.05. The van der Waals surface area contributed by atoms with Crippen LogP contribution in [-0.4, -0.2) is 33.7 Å². The van der Waals surface area contributed by atoms with Crippen molar-refractivity contribution < 1.29 is 19.1 Å². The predicted octanol–water partition coefficient (Wildman–Crippen LogP) is 2.55. The van der Waals surface area contributed by atoms with Crippen LogP contribution in [-0.2, 0) is 16.0 Å². The molecular formula is C20H15N3O4. The highest BCUT2D eigenvalue weighted by Gasteiger charge is 2.25. The number of rotatable bonds is 4. The topological polar surface area (TPSA) is 98.2 Å². The van der Waals surface area contributed by atoms with Gasteiger partial charge in [-0.1, -0.05) is 6.07 Å². The largest absolute Gasteiger partial charge is 0.449 e. The number of nitrogens with one attached hydrogen (secondary N) is 1. The highest BCUT2D eigenvalue weighted by atomic mass is 16.5. The number of ether oxygens (including phenoxy) is 1. The lowest BCUT2D eigenvalue weighted by atomic mass is 10.0. The van der Waals surface area contributed by atoms with Crippen molar-refractivity contribution >= 4 is 34.3 Å². The molecule has 0 spiro atoms. The Morgan fingerprint density at radius 1 is 1.15 bits per heavy atom. The van der Waals surface area contributed by atoms with Gasteiger partial charge in [0.2, 0.25) is 11.7 Å². The summed E-state index contributed by atoms with van der Waals surface area (Å²) in [6, 6.07) is 10.3. The van der Waals surface area contributed by atoms with E-state index in [0.717, 1.165) is 10.9 Å². The van der Waals surface area contributed by atoms with Crippen LogP contribution in [0.4, 0.5) is 5.69 Å². The number of nitrogens with zero attached hydrogens (tertiary/aromatic N) is 2. The molecule has 1 N–H and O–H groups in total. The van der Waals surface area contributed by atoms with Gasteiger partial charge in [-0.25, -0.2) is 9.78 Å². The number of esters is 1. The van der Waals surface area contributed by atoms with Crippen LogP contribution >= 0.6 is 0 Å². The Morgan fingerprint density at radius 3 is 2.85 bits per heavy atom. The number of carbonyl (C=O) groups excluding carboxylic acids is 3. The standard InChI is InChI=1S/C20H15N3O4/c1-11(19(25)13-4-5-15-14(9-13)10-16(24)23-15)27-20(26)18-17-12(6-8-22-18)3-2-7-21-17/h2-9,11H,10H2,1H3,(H,23,24). The van der Waals surface area contributed by atoms with Crippen molar-refractivity contribution in [3.63, 3.8) is 0 Å². The second-order valence-electron chi connectivity index (χ2n) is 6.24. The Morgan fingerprint density at radius 2 is 2.00 bits per heavy atom. The van der Waals surface area contributed by atoms with E-state index in [1.165, 1.54) is 13.1 Å². The third-order valence-electron chi connectivity index (χ3n) is 4.38. The summed E-state index contributed by atoms with van der Waals surface area (Å²) >= 11 is 0. The summed E-state index contributed by atoms with van der Waals surface area (Å²) in [4.78, 5) is 44.8. The quantitative estimate of drug-likeness (QED) is 0.566. The van der Waals surface area contributed by atoms with Gasteiger partial charge in [0.05, 0.1) is 6.42 Å². The number of hydrogen-bond acceptors (Lipinski definition) is 6. The van der Waals surface area contributed by atoms with Crippen molar-refractivity contribution in [1.82, 2.24) is 9.97 Å². The molecule has 1 aliphatic rings. The van der Waals surface area contributed by atoms with E-state index in [4.69, 9.17) is 4.74 Å². The van der Waals surface area contributed by atoms with Crippen molar-refractivity contribution in [3.8, 4) is 0 Å². The summed E-state index contributed by atoms with van der Waals surface area (Å²) in [6.07, 6.45) is 2.30. The third kappa shape index (κ3) is 3.15. The molecule has 1 aliphatic heterocycles. The van der Waals surface area contributed by atoms with E-state index in [2.05, 4.69) is 15.3 Å². The van der Waals surface area contributed by atoms with Gasteiger partial charge >= 0.3 is 5.97 Å². The number of fused-ring (bicyclic) bond motifs is 2. The number of ketones is 1. The molecule has 3 heterocycles. The first-order valence-electron chi connectivity index (χ1n) is 8.40. The van der Waals surface area contributed by atoms with Gasteiger partial charge in [0.25, 0.3) is 0 Å². The zero-order chi connectivity index (χ0) is 19.0. The summed E-state index contributed by atoms with van der Waals surface area (Å²) in [5.41, 5.74) is 2.33. The van der Waals surface area contributed by atoms with E-state index >= 15 is 0 Å². The monoisotopic (exact) mass is 361 g/mol. The van der Waals surface area contributed by atoms with Crippen LogP contribution in [0, 0.1) is 0 Å². The first-order valence-corrected chi connectivity index (χ1v) is 8.40. The van der Waals surface area contributed by atoms with Gasteiger partial charge in [-0.15, -0.1) is 0 Å². The SMILES string of the molecule is CC(OC(=O)c1nccc2cccnc12)C(=O)c1ccc2c(c1)CC(=O)N2. The first-order chi connectivity index (χ1) is 13.0. The van der Waals surface area contributed by atoms with Gasteiger partial charge in [-0.3, -0.25) is 14.6 Å². The fourth-order valence-electron chi connectivity index (χ4n) is 3.04. The van der Waals surface area contributed by atoms with E-state index in [0.29, 0.717) is 16.8 Å². The Kier molecular flexibility index (Phi) is 4.12. The van der Waals surface area contributed by atoms with Crippen molar-refractivity contribution in [2.24, 2.45) is 0 Å². The van der Waals surface area contributed by atoms with Crippen LogP contribution in [0.1, 0.15) is 33.3 Å². The minimum Gasteiger partial charge on any atom is -0.449 e. The molecule has 2 aromatic heterocycles. The molecule has 3 aromatic rings. The number of anilines is 1. The van der Waals surface area contributed by atoms with Crippen LogP contribution in [0.25, 0.3) is 10.9 Å². The maximum Gasteiger partial charge on any atom is 0.359 e. The maximum atomic E-state index is 12.6. The molecule has 134 valence electrons. The van der Waals surface area contributed by atoms with E-state index in [1.54, 1.807) is 36.5 Å².